The second kappa shape index (κ2) is 8.26. The highest BCUT2D eigenvalue weighted by Crippen LogP contribution is 2.34. The molecule has 3 aromatic rings. The molecule has 0 unspecified atom stereocenters. The van der Waals surface area contributed by atoms with Crippen LogP contribution in [-0.2, 0) is 0 Å². The number of halogens is 1. The molecule has 4 N–H and O–H groups in total. The molecule has 1 fully saturated rings. The summed E-state index contributed by atoms with van der Waals surface area (Å²) < 4.78 is 0. The number of rotatable bonds is 4. The van der Waals surface area contributed by atoms with Crippen LogP contribution in [0.1, 0.15) is 22.3 Å². The van der Waals surface area contributed by atoms with E-state index in [0.29, 0.717) is 17.1 Å². The number of benzene rings is 2. The summed E-state index contributed by atoms with van der Waals surface area (Å²) in [6.07, 6.45) is 2.46. The van der Waals surface area contributed by atoms with E-state index in [-0.39, 0.29) is 17.8 Å². The van der Waals surface area contributed by atoms with Crippen LogP contribution in [0.25, 0.3) is 21.9 Å². The number of aryl methyl sites for hydroxylation is 1. The van der Waals surface area contributed by atoms with Gasteiger partial charge in [-0.15, -0.1) is 0 Å². The van der Waals surface area contributed by atoms with Gasteiger partial charge in [0.2, 0.25) is 0 Å². The van der Waals surface area contributed by atoms with Crippen LogP contribution in [0.3, 0.4) is 0 Å². The number of nitrogens with two attached hydrogens (primary N) is 1. The van der Waals surface area contributed by atoms with Crippen LogP contribution in [-0.4, -0.2) is 46.9 Å². The molecular weight excluding hydrogens is 399 g/mol. The van der Waals surface area contributed by atoms with E-state index in [9.17, 15) is 9.82 Å². The Morgan fingerprint density at radius 2 is 2.17 bits per heavy atom. The van der Waals surface area contributed by atoms with Gasteiger partial charge in [0.15, 0.2) is 0 Å². The van der Waals surface area contributed by atoms with Gasteiger partial charge in [-0.1, -0.05) is 35.9 Å². The van der Waals surface area contributed by atoms with Crippen molar-refractivity contribution in [3.05, 3.63) is 58.7 Å². The Kier molecular flexibility index (Phi) is 5.69. The first-order valence-electron chi connectivity index (χ1n) is 10.0. The van der Waals surface area contributed by atoms with Gasteiger partial charge in [0, 0.05) is 34.8 Å². The number of carbonyl (C=O) groups is 1. The molecule has 0 spiro atoms. The van der Waals surface area contributed by atoms with Crippen molar-refractivity contribution in [3.63, 3.8) is 0 Å². The van der Waals surface area contributed by atoms with E-state index in [1.54, 1.807) is 13.0 Å². The second-order valence-electron chi connectivity index (χ2n) is 7.84. The fraction of sp³-hybridized carbons (Fsp3) is 0.273. The molecule has 6 nitrogen and oxygen atoms in total. The van der Waals surface area contributed by atoms with Gasteiger partial charge >= 0.3 is 7.05 Å². The maximum atomic E-state index is 13.0. The van der Waals surface area contributed by atoms with E-state index in [4.69, 9.17) is 17.3 Å². The van der Waals surface area contributed by atoms with E-state index in [1.165, 1.54) is 0 Å². The Hall–Kier alpha value is -2.61. The average molecular weight is 423 g/mol. The van der Waals surface area contributed by atoms with Crippen LogP contribution in [0, 0.1) is 6.92 Å². The monoisotopic (exact) mass is 422 g/mol. The zero-order valence-electron chi connectivity index (χ0n) is 17.0. The number of hydrogen-bond donors (Lipinski definition) is 3. The maximum Gasteiger partial charge on any atom is 0.376 e. The van der Waals surface area contributed by atoms with Crippen LogP contribution >= 0.6 is 11.6 Å². The number of fused-ring (bicyclic) bond motifs is 1. The van der Waals surface area contributed by atoms with Crippen molar-refractivity contribution in [1.29, 1.82) is 0 Å². The molecule has 1 aromatic heterocycles. The number of pyridine rings is 1. The highest BCUT2D eigenvalue weighted by atomic mass is 35.5. The van der Waals surface area contributed by atoms with Crippen molar-refractivity contribution < 1.29 is 9.82 Å². The van der Waals surface area contributed by atoms with Gasteiger partial charge in [-0.25, -0.2) is 4.98 Å². The van der Waals surface area contributed by atoms with Crippen LogP contribution in [0.5, 0.6) is 0 Å². The zero-order chi connectivity index (χ0) is 21.4. The minimum absolute atomic E-state index is 0.0354. The zero-order valence-corrected chi connectivity index (χ0v) is 17.8. The maximum absolute atomic E-state index is 13.0. The molecule has 0 saturated carbocycles. The molecule has 0 aliphatic carbocycles. The summed E-state index contributed by atoms with van der Waals surface area (Å²) >= 11 is 6.43. The van der Waals surface area contributed by atoms with E-state index >= 15 is 0 Å². The van der Waals surface area contributed by atoms with Crippen molar-refractivity contribution in [2.24, 2.45) is 0 Å². The van der Waals surface area contributed by atoms with Gasteiger partial charge in [0.25, 0.3) is 5.91 Å². The number of anilines is 1. The number of nitrogen functional groups attached to an aromatic ring is 1. The van der Waals surface area contributed by atoms with Gasteiger partial charge in [0.1, 0.15) is 5.82 Å². The minimum Gasteiger partial charge on any atom is -0.437 e. The van der Waals surface area contributed by atoms with Gasteiger partial charge in [-0.2, -0.15) is 0 Å². The molecule has 0 bridgehead atoms. The Morgan fingerprint density at radius 1 is 1.37 bits per heavy atom. The topological polar surface area (TPSA) is 91.5 Å². The number of nitrogens with one attached hydrogen (secondary N) is 1. The SMILES string of the molecule is CB(O)N1CC[C@H](NC(=O)c2c(N)ncc3cc(-c4c(C)cccc4Cl)ccc23)C1. The molecule has 1 amide bonds. The lowest BCUT2D eigenvalue weighted by Gasteiger charge is -2.18. The summed E-state index contributed by atoms with van der Waals surface area (Å²) in [6.45, 7) is 5.10. The Bertz CT molecular complexity index is 1100. The first kappa shape index (κ1) is 20.7. The van der Waals surface area contributed by atoms with Gasteiger partial charge in [0.05, 0.1) is 5.56 Å². The summed E-state index contributed by atoms with van der Waals surface area (Å²) in [5.41, 5.74) is 9.48. The predicted molar refractivity (Wildman–Crippen MR) is 123 cm³/mol. The normalized spacial score (nSPS) is 16.7. The third-order valence-corrected chi connectivity index (χ3v) is 6.06. The molecule has 1 saturated heterocycles. The van der Waals surface area contributed by atoms with Crippen molar-refractivity contribution in [1.82, 2.24) is 15.1 Å². The number of nitrogens with zero attached hydrogens (tertiary/aromatic N) is 2. The minimum atomic E-state index is -0.525. The summed E-state index contributed by atoms with van der Waals surface area (Å²) in [5.74, 6) is -0.0447. The van der Waals surface area contributed by atoms with Crippen molar-refractivity contribution in [2.75, 3.05) is 18.8 Å². The Labute approximate surface area is 181 Å². The molecule has 4 rings (SSSR count). The van der Waals surface area contributed by atoms with Crippen molar-refractivity contribution in [3.8, 4) is 11.1 Å². The van der Waals surface area contributed by atoms with Crippen molar-refractivity contribution in [2.45, 2.75) is 26.2 Å². The standard InChI is InChI=1S/C22H24BClN4O2/c1-13-4-3-5-18(24)19(13)14-6-7-17-15(10-14)11-26-21(25)20(17)22(29)27-16-8-9-28(12-16)23(2)30/h3-7,10-11,16,30H,8-9,12H2,1-2H3,(H2,25,26)(H,27,29)/t16-/m0/s1. The molecule has 1 aliphatic heterocycles. The quantitative estimate of drug-likeness (QED) is 0.561. The third-order valence-electron chi connectivity index (χ3n) is 5.74. The highest BCUT2D eigenvalue weighted by Gasteiger charge is 2.29. The summed E-state index contributed by atoms with van der Waals surface area (Å²) in [5, 5.41) is 15.0. The Morgan fingerprint density at radius 3 is 2.87 bits per heavy atom. The van der Waals surface area contributed by atoms with E-state index in [0.717, 1.165) is 40.4 Å². The fourth-order valence-corrected chi connectivity index (χ4v) is 4.46. The lowest BCUT2D eigenvalue weighted by atomic mass is 9.86. The smallest absolute Gasteiger partial charge is 0.376 e. The lowest BCUT2D eigenvalue weighted by Crippen LogP contribution is -2.41. The van der Waals surface area contributed by atoms with E-state index in [1.807, 2.05) is 48.1 Å². The molecule has 2 heterocycles. The number of hydrogen-bond acceptors (Lipinski definition) is 5. The van der Waals surface area contributed by atoms with Crippen molar-refractivity contribution >= 4 is 41.1 Å². The fourth-order valence-electron chi connectivity index (χ4n) is 4.13. The molecular formula is C22H24BClN4O2. The summed E-state index contributed by atoms with van der Waals surface area (Å²) in [6, 6.07) is 11.6. The number of carbonyl (C=O) groups excluding carboxylic acids is 1. The molecule has 30 heavy (non-hydrogen) atoms. The van der Waals surface area contributed by atoms with Crippen LogP contribution in [0.2, 0.25) is 11.8 Å². The number of amides is 1. The predicted octanol–water partition coefficient (Wildman–Crippen LogP) is 3.36. The second-order valence-corrected chi connectivity index (χ2v) is 8.25. The molecule has 1 aliphatic rings. The molecule has 1 atom stereocenters. The molecule has 8 heteroatoms. The van der Waals surface area contributed by atoms with Crippen LogP contribution in [0.15, 0.2) is 42.6 Å². The molecule has 154 valence electrons. The first-order chi connectivity index (χ1) is 14.3. The first-order valence-corrected chi connectivity index (χ1v) is 10.4. The summed E-state index contributed by atoms with van der Waals surface area (Å²) in [4.78, 5) is 19.2. The summed E-state index contributed by atoms with van der Waals surface area (Å²) in [7, 11) is -0.525. The average Bonchev–Trinajstić information content (AvgIpc) is 3.16. The lowest BCUT2D eigenvalue weighted by molar-refractivity contribution is 0.0941. The highest BCUT2D eigenvalue weighted by molar-refractivity contribution is 6.45. The van der Waals surface area contributed by atoms with Gasteiger partial charge < -0.3 is 20.9 Å². The molecule has 0 radical (unpaired) electrons. The van der Waals surface area contributed by atoms with E-state index < -0.39 is 7.05 Å². The largest absolute Gasteiger partial charge is 0.437 e. The Balaban J connectivity index is 1.67. The van der Waals surface area contributed by atoms with Crippen LogP contribution in [0.4, 0.5) is 5.82 Å². The third kappa shape index (κ3) is 3.88. The van der Waals surface area contributed by atoms with Crippen LogP contribution < -0.4 is 11.1 Å². The van der Waals surface area contributed by atoms with Gasteiger partial charge in [-0.3, -0.25) is 4.79 Å². The number of aromatic nitrogens is 1. The van der Waals surface area contributed by atoms with E-state index in [2.05, 4.69) is 10.3 Å². The molecule has 2 aromatic carbocycles. The van der Waals surface area contributed by atoms with Gasteiger partial charge in [-0.05, 0) is 55.4 Å².